The monoisotopic (exact) mass is 272 g/mol. The van der Waals surface area contributed by atoms with Crippen LogP contribution in [0.2, 0.25) is 0 Å². The predicted octanol–water partition coefficient (Wildman–Crippen LogP) is 3.09. The zero-order valence-electron chi connectivity index (χ0n) is 12.1. The molecule has 1 aliphatic carbocycles. The van der Waals surface area contributed by atoms with Gasteiger partial charge in [0.05, 0.1) is 0 Å². The summed E-state index contributed by atoms with van der Waals surface area (Å²) >= 11 is 0. The third-order valence-electron chi connectivity index (χ3n) is 4.65. The van der Waals surface area contributed by atoms with Crippen LogP contribution in [0, 0.1) is 5.92 Å². The van der Waals surface area contributed by atoms with Gasteiger partial charge < -0.3 is 10.2 Å². The Morgan fingerprint density at radius 3 is 2.90 bits per heavy atom. The topological polar surface area (TPSA) is 32.3 Å². The van der Waals surface area contributed by atoms with E-state index in [2.05, 4.69) is 17.4 Å². The second kappa shape index (κ2) is 6.40. The summed E-state index contributed by atoms with van der Waals surface area (Å²) in [6.45, 7) is 2.53. The van der Waals surface area contributed by atoms with E-state index in [0.717, 1.165) is 37.7 Å². The number of nitrogens with one attached hydrogen (secondary N) is 1. The molecule has 2 aliphatic rings. The predicted molar refractivity (Wildman–Crippen MR) is 81.7 cm³/mol. The number of nitrogens with zero attached hydrogens (tertiary/aromatic N) is 1. The lowest BCUT2D eigenvalue weighted by Gasteiger charge is -2.23. The van der Waals surface area contributed by atoms with Crippen molar-refractivity contribution in [2.45, 2.75) is 45.1 Å². The summed E-state index contributed by atoms with van der Waals surface area (Å²) in [6, 6.07) is 8.27. The number of carbonyl (C=O) groups is 1. The first kappa shape index (κ1) is 13.6. The minimum absolute atomic E-state index is 0.299. The van der Waals surface area contributed by atoms with E-state index in [0.29, 0.717) is 12.3 Å². The average molecular weight is 272 g/mol. The molecule has 1 amide bonds. The Labute approximate surface area is 121 Å². The number of hydrogen-bond donors (Lipinski definition) is 1. The zero-order chi connectivity index (χ0) is 13.8. The summed E-state index contributed by atoms with van der Waals surface area (Å²) in [5.41, 5.74) is 2.34. The van der Waals surface area contributed by atoms with Gasteiger partial charge in [-0.05, 0) is 24.0 Å². The lowest BCUT2D eigenvalue weighted by Crippen LogP contribution is -2.34. The van der Waals surface area contributed by atoms with Gasteiger partial charge in [-0.3, -0.25) is 4.79 Å². The molecule has 0 spiro atoms. The molecule has 1 heterocycles. The lowest BCUT2D eigenvalue weighted by atomic mass is 10.0. The molecule has 0 saturated heterocycles. The van der Waals surface area contributed by atoms with Gasteiger partial charge in [0.25, 0.3) is 0 Å². The minimum Gasteiger partial charge on any atom is -0.311 e. The Balaban J connectivity index is 1.67. The van der Waals surface area contributed by atoms with Gasteiger partial charge in [0.15, 0.2) is 0 Å². The van der Waals surface area contributed by atoms with Crippen LogP contribution in [0.1, 0.15) is 44.1 Å². The summed E-state index contributed by atoms with van der Waals surface area (Å²) in [5.74, 6) is 1.09. The van der Waals surface area contributed by atoms with Gasteiger partial charge in [0.2, 0.25) is 5.91 Å². The fourth-order valence-corrected chi connectivity index (χ4v) is 3.48. The van der Waals surface area contributed by atoms with Crippen molar-refractivity contribution in [1.29, 1.82) is 0 Å². The largest absolute Gasteiger partial charge is 0.311 e. The Morgan fingerprint density at radius 2 is 2.05 bits per heavy atom. The smallest absolute Gasteiger partial charge is 0.227 e. The average Bonchev–Trinajstić information content (AvgIpc) is 2.90. The van der Waals surface area contributed by atoms with Crippen LogP contribution in [0.25, 0.3) is 0 Å². The van der Waals surface area contributed by atoms with Gasteiger partial charge in [0.1, 0.15) is 0 Å². The van der Waals surface area contributed by atoms with E-state index in [-0.39, 0.29) is 0 Å². The first-order chi connectivity index (χ1) is 9.84. The molecule has 3 rings (SSSR count). The van der Waals surface area contributed by atoms with Crippen molar-refractivity contribution in [3.05, 3.63) is 29.8 Å². The molecule has 0 bridgehead atoms. The SMILES string of the molecule is O=C(CCC1CCCC1)N1CCNCc2ccccc21. The third-order valence-corrected chi connectivity index (χ3v) is 4.65. The standard InChI is InChI=1S/C17H24N2O/c20-17(10-9-14-5-1-2-6-14)19-12-11-18-13-15-7-3-4-8-16(15)19/h3-4,7-8,14,18H,1-2,5-6,9-13H2. The lowest BCUT2D eigenvalue weighted by molar-refractivity contribution is -0.118. The molecule has 1 saturated carbocycles. The van der Waals surface area contributed by atoms with E-state index >= 15 is 0 Å². The molecule has 0 unspecified atom stereocenters. The highest BCUT2D eigenvalue weighted by atomic mass is 16.2. The number of para-hydroxylation sites is 1. The number of fused-ring (bicyclic) bond motifs is 1. The normalized spacial score (nSPS) is 19.7. The van der Waals surface area contributed by atoms with Crippen LogP contribution < -0.4 is 10.2 Å². The Morgan fingerprint density at radius 1 is 1.25 bits per heavy atom. The number of hydrogen-bond acceptors (Lipinski definition) is 2. The van der Waals surface area contributed by atoms with Crippen LogP contribution in [0.3, 0.4) is 0 Å². The van der Waals surface area contributed by atoms with Crippen molar-refractivity contribution >= 4 is 11.6 Å². The van der Waals surface area contributed by atoms with Crippen molar-refractivity contribution in [2.75, 3.05) is 18.0 Å². The van der Waals surface area contributed by atoms with Crippen LogP contribution in [-0.4, -0.2) is 19.0 Å². The van der Waals surface area contributed by atoms with E-state index < -0.39 is 0 Å². The van der Waals surface area contributed by atoms with Gasteiger partial charge in [-0.2, -0.15) is 0 Å². The van der Waals surface area contributed by atoms with Crippen molar-refractivity contribution in [2.24, 2.45) is 5.92 Å². The molecule has 1 N–H and O–H groups in total. The quantitative estimate of drug-likeness (QED) is 0.917. The molecule has 0 aromatic heterocycles. The van der Waals surface area contributed by atoms with E-state index in [4.69, 9.17) is 0 Å². The third kappa shape index (κ3) is 3.04. The molecule has 1 aliphatic heterocycles. The van der Waals surface area contributed by atoms with Crippen LogP contribution in [0.15, 0.2) is 24.3 Å². The maximum atomic E-state index is 12.6. The molecular weight excluding hydrogens is 248 g/mol. The van der Waals surface area contributed by atoms with Crippen LogP contribution >= 0.6 is 0 Å². The molecule has 1 aromatic rings. The second-order valence-electron chi connectivity index (χ2n) is 6.04. The summed E-state index contributed by atoms with van der Waals surface area (Å²) in [5, 5.41) is 3.39. The molecule has 1 aromatic carbocycles. The van der Waals surface area contributed by atoms with Crippen LogP contribution in [-0.2, 0) is 11.3 Å². The highest BCUT2D eigenvalue weighted by Gasteiger charge is 2.22. The molecular formula is C17H24N2O. The Hall–Kier alpha value is -1.35. The van der Waals surface area contributed by atoms with Crippen molar-refractivity contribution in [3.8, 4) is 0 Å². The van der Waals surface area contributed by atoms with E-state index in [1.807, 2.05) is 17.0 Å². The Kier molecular flexibility index (Phi) is 4.36. The highest BCUT2D eigenvalue weighted by Crippen LogP contribution is 2.29. The fourth-order valence-electron chi connectivity index (χ4n) is 3.48. The molecule has 1 fully saturated rings. The van der Waals surface area contributed by atoms with Crippen molar-refractivity contribution < 1.29 is 4.79 Å². The molecule has 3 nitrogen and oxygen atoms in total. The summed E-state index contributed by atoms with van der Waals surface area (Å²) in [6.07, 6.45) is 7.14. The summed E-state index contributed by atoms with van der Waals surface area (Å²) in [4.78, 5) is 14.6. The van der Waals surface area contributed by atoms with E-state index in [9.17, 15) is 4.79 Å². The van der Waals surface area contributed by atoms with Gasteiger partial charge in [-0.25, -0.2) is 0 Å². The molecule has 108 valence electrons. The number of benzene rings is 1. The zero-order valence-corrected chi connectivity index (χ0v) is 12.1. The van der Waals surface area contributed by atoms with Gasteiger partial charge in [-0.15, -0.1) is 0 Å². The van der Waals surface area contributed by atoms with Gasteiger partial charge in [-0.1, -0.05) is 43.9 Å². The fraction of sp³-hybridized carbons (Fsp3) is 0.588. The maximum Gasteiger partial charge on any atom is 0.227 e. The van der Waals surface area contributed by atoms with E-state index in [1.165, 1.54) is 31.2 Å². The van der Waals surface area contributed by atoms with Crippen LogP contribution in [0.5, 0.6) is 0 Å². The number of anilines is 1. The molecule has 3 heteroatoms. The van der Waals surface area contributed by atoms with Crippen molar-refractivity contribution in [1.82, 2.24) is 5.32 Å². The number of carbonyl (C=O) groups excluding carboxylic acids is 1. The Bertz CT molecular complexity index is 466. The van der Waals surface area contributed by atoms with E-state index in [1.54, 1.807) is 0 Å². The second-order valence-corrected chi connectivity index (χ2v) is 6.04. The van der Waals surface area contributed by atoms with Crippen molar-refractivity contribution in [3.63, 3.8) is 0 Å². The minimum atomic E-state index is 0.299. The first-order valence-corrected chi connectivity index (χ1v) is 7.93. The summed E-state index contributed by atoms with van der Waals surface area (Å²) in [7, 11) is 0. The number of amides is 1. The highest BCUT2D eigenvalue weighted by molar-refractivity contribution is 5.94. The maximum absolute atomic E-state index is 12.6. The summed E-state index contributed by atoms with van der Waals surface area (Å²) < 4.78 is 0. The number of rotatable bonds is 3. The van der Waals surface area contributed by atoms with Gasteiger partial charge in [0, 0.05) is 31.7 Å². The van der Waals surface area contributed by atoms with Gasteiger partial charge >= 0.3 is 0 Å². The molecule has 0 atom stereocenters. The first-order valence-electron chi connectivity index (χ1n) is 7.93. The molecule has 20 heavy (non-hydrogen) atoms. The molecule has 0 radical (unpaired) electrons. The van der Waals surface area contributed by atoms with Crippen LogP contribution in [0.4, 0.5) is 5.69 Å².